The number of benzene rings is 1. The number of rotatable bonds is 5. The van der Waals surface area contributed by atoms with Crippen LogP contribution < -0.4 is 5.32 Å². The van der Waals surface area contributed by atoms with Crippen molar-refractivity contribution in [2.24, 2.45) is 0 Å². The molecule has 0 fully saturated rings. The van der Waals surface area contributed by atoms with E-state index in [0.29, 0.717) is 0 Å². The summed E-state index contributed by atoms with van der Waals surface area (Å²) in [5.74, 6) is 0. The van der Waals surface area contributed by atoms with E-state index in [1.807, 2.05) is 19.9 Å². The van der Waals surface area contributed by atoms with Crippen molar-refractivity contribution in [1.82, 2.24) is 5.32 Å². The Balaban J connectivity index is 2.91. The molecule has 5 nitrogen and oxygen atoms in total. The molecule has 90 valence electrons. The molecule has 0 heterocycles. The summed E-state index contributed by atoms with van der Waals surface area (Å²) in [5.41, 5.74) is 0.921. The van der Waals surface area contributed by atoms with Gasteiger partial charge in [-0.05, 0) is 31.5 Å². The van der Waals surface area contributed by atoms with Crippen molar-refractivity contribution in [1.29, 1.82) is 5.26 Å². The van der Waals surface area contributed by atoms with Crippen LogP contribution >= 0.6 is 0 Å². The predicted molar refractivity (Wildman–Crippen MR) is 64.7 cm³/mol. The van der Waals surface area contributed by atoms with Gasteiger partial charge in [-0.25, -0.2) is 0 Å². The van der Waals surface area contributed by atoms with E-state index in [9.17, 15) is 10.1 Å². The zero-order chi connectivity index (χ0) is 12.8. The lowest BCUT2D eigenvalue weighted by Gasteiger charge is -2.12. The molecule has 0 aliphatic carbocycles. The molecule has 1 rings (SSSR count). The first-order chi connectivity index (χ1) is 8.08. The van der Waals surface area contributed by atoms with Gasteiger partial charge in [-0.1, -0.05) is 13.0 Å². The summed E-state index contributed by atoms with van der Waals surface area (Å²) in [7, 11) is 0. The third kappa shape index (κ3) is 3.54. The number of nitriles is 1. The van der Waals surface area contributed by atoms with Crippen molar-refractivity contribution < 1.29 is 4.92 Å². The molecular formula is C12H15N3O2. The van der Waals surface area contributed by atoms with Gasteiger partial charge < -0.3 is 5.32 Å². The minimum Gasteiger partial charge on any atom is -0.314 e. The summed E-state index contributed by atoms with van der Waals surface area (Å²) in [4.78, 5) is 10.1. The first-order valence-electron chi connectivity index (χ1n) is 5.49. The number of nitro benzene ring substituents is 1. The Bertz CT molecular complexity index is 452. The molecule has 0 aliphatic heterocycles. The van der Waals surface area contributed by atoms with Gasteiger partial charge in [0.25, 0.3) is 5.69 Å². The van der Waals surface area contributed by atoms with E-state index in [2.05, 4.69) is 5.32 Å². The topological polar surface area (TPSA) is 79.0 Å². The molecule has 0 amide bonds. The highest BCUT2D eigenvalue weighted by atomic mass is 16.6. The van der Waals surface area contributed by atoms with Crippen LogP contribution in [0.1, 0.15) is 25.0 Å². The molecule has 1 aromatic rings. The van der Waals surface area contributed by atoms with Crippen LogP contribution in [-0.4, -0.2) is 17.5 Å². The number of hydrogen-bond acceptors (Lipinski definition) is 4. The highest BCUT2D eigenvalue weighted by molar-refractivity contribution is 5.50. The maximum absolute atomic E-state index is 10.7. The molecule has 0 saturated heterocycles. The van der Waals surface area contributed by atoms with Gasteiger partial charge in [0, 0.05) is 12.1 Å². The third-order valence-electron chi connectivity index (χ3n) is 2.47. The van der Waals surface area contributed by atoms with Gasteiger partial charge in [-0.3, -0.25) is 10.1 Å². The van der Waals surface area contributed by atoms with E-state index in [1.54, 1.807) is 12.1 Å². The summed E-state index contributed by atoms with van der Waals surface area (Å²) in [6.45, 7) is 4.93. The Morgan fingerprint density at radius 1 is 1.59 bits per heavy atom. The van der Waals surface area contributed by atoms with Crippen molar-refractivity contribution in [2.45, 2.75) is 26.3 Å². The molecule has 0 aliphatic rings. The van der Waals surface area contributed by atoms with Crippen LogP contribution in [0.15, 0.2) is 18.2 Å². The van der Waals surface area contributed by atoms with E-state index >= 15 is 0 Å². The number of likely N-dealkylation sites (N-methyl/N-ethyl adjacent to an activating group) is 1. The molecular weight excluding hydrogens is 218 g/mol. The largest absolute Gasteiger partial charge is 0.314 e. The molecule has 0 aromatic heterocycles. The highest BCUT2D eigenvalue weighted by Gasteiger charge is 2.14. The first kappa shape index (κ1) is 13.1. The van der Waals surface area contributed by atoms with Gasteiger partial charge in [0.05, 0.1) is 4.92 Å². The van der Waals surface area contributed by atoms with Crippen molar-refractivity contribution in [3.63, 3.8) is 0 Å². The molecule has 0 spiro atoms. The lowest BCUT2D eigenvalue weighted by atomic mass is 10.0. The number of hydrogen-bond donors (Lipinski definition) is 1. The van der Waals surface area contributed by atoms with E-state index in [1.165, 1.54) is 6.07 Å². The van der Waals surface area contributed by atoms with Crippen molar-refractivity contribution in [2.75, 3.05) is 6.54 Å². The number of nitrogens with zero attached hydrogens (tertiary/aromatic N) is 2. The Hall–Kier alpha value is -1.93. The minimum absolute atomic E-state index is 0.121. The smallest absolute Gasteiger partial charge is 0.287 e. The Morgan fingerprint density at radius 2 is 2.29 bits per heavy atom. The average molecular weight is 233 g/mol. The van der Waals surface area contributed by atoms with Gasteiger partial charge in [-0.2, -0.15) is 5.26 Å². The van der Waals surface area contributed by atoms with Gasteiger partial charge >= 0.3 is 0 Å². The quantitative estimate of drug-likeness (QED) is 0.623. The van der Waals surface area contributed by atoms with Crippen molar-refractivity contribution in [3.8, 4) is 6.07 Å². The van der Waals surface area contributed by atoms with Crippen LogP contribution in [0.3, 0.4) is 0 Å². The van der Waals surface area contributed by atoms with Crippen LogP contribution in [0, 0.1) is 21.4 Å². The molecule has 1 aromatic carbocycles. The summed E-state index contributed by atoms with van der Waals surface area (Å²) in [5, 5.41) is 22.8. The normalized spacial score (nSPS) is 11.8. The van der Waals surface area contributed by atoms with Gasteiger partial charge in [-0.15, -0.1) is 0 Å². The fourth-order valence-corrected chi connectivity index (χ4v) is 1.73. The molecule has 1 unspecified atom stereocenters. The van der Waals surface area contributed by atoms with Crippen LogP contribution in [0.25, 0.3) is 0 Å². The number of nitrogens with one attached hydrogen (secondary N) is 1. The predicted octanol–water partition coefficient (Wildman–Crippen LogP) is 2.01. The van der Waals surface area contributed by atoms with E-state index in [4.69, 9.17) is 5.26 Å². The Kier molecular flexibility index (Phi) is 4.61. The van der Waals surface area contributed by atoms with Crippen LogP contribution in [-0.2, 0) is 6.42 Å². The minimum atomic E-state index is -0.532. The second-order valence-corrected chi connectivity index (χ2v) is 3.88. The van der Waals surface area contributed by atoms with Gasteiger partial charge in [0.15, 0.2) is 0 Å². The second kappa shape index (κ2) is 5.97. The SMILES string of the molecule is CCNC(C)Cc1ccc([N+](=O)[O-])c(C#N)c1. The Labute approximate surface area is 100 Å². The van der Waals surface area contributed by atoms with Gasteiger partial charge in [0.1, 0.15) is 11.6 Å². The average Bonchev–Trinajstić information content (AvgIpc) is 2.28. The highest BCUT2D eigenvalue weighted by Crippen LogP contribution is 2.19. The standard InChI is InChI=1S/C12H15N3O2/c1-3-14-9(2)6-10-4-5-12(15(16)17)11(7-10)8-13/h4-5,7,9,14H,3,6H2,1-2H3. The zero-order valence-electron chi connectivity index (χ0n) is 9.93. The summed E-state index contributed by atoms with van der Waals surface area (Å²) >= 11 is 0. The fourth-order valence-electron chi connectivity index (χ4n) is 1.73. The summed E-state index contributed by atoms with van der Waals surface area (Å²) in [6, 6.07) is 6.83. The molecule has 5 heteroatoms. The van der Waals surface area contributed by atoms with Crippen molar-refractivity contribution in [3.05, 3.63) is 39.4 Å². The molecule has 1 atom stereocenters. The molecule has 1 N–H and O–H groups in total. The molecule has 0 radical (unpaired) electrons. The van der Waals surface area contributed by atoms with E-state index < -0.39 is 4.92 Å². The third-order valence-corrected chi connectivity index (χ3v) is 2.47. The van der Waals surface area contributed by atoms with Crippen LogP contribution in [0.5, 0.6) is 0 Å². The lowest BCUT2D eigenvalue weighted by Crippen LogP contribution is -2.27. The molecule has 0 bridgehead atoms. The zero-order valence-corrected chi connectivity index (χ0v) is 9.93. The maximum Gasteiger partial charge on any atom is 0.287 e. The second-order valence-electron chi connectivity index (χ2n) is 3.88. The molecule has 17 heavy (non-hydrogen) atoms. The van der Waals surface area contributed by atoms with E-state index in [-0.39, 0.29) is 17.3 Å². The summed E-state index contributed by atoms with van der Waals surface area (Å²) in [6.07, 6.45) is 0.751. The monoisotopic (exact) mass is 233 g/mol. The van der Waals surface area contributed by atoms with Crippen molar-refractivity contribution >= 4 is 5.69 Å². The summed E-state index contributed by atoms with van der Waals surface area (Å²) < 4.78 is 0. The first-order valence-corrected chi connectivity index (χ1v) is 5.49. The van der Waals surface area contributed by atoms with Gasteiger partial charge in [0.2, 0.25) is 0 Å². The molecule has 0 saturated carbocycles. The number of nitro groups is 1. The maximum atomic E-state index is 10.7. The van der Waals surface area contributed by atoms with Crippen LogP contribution in [0.4, 0.5) is 5.69 Å². The lowest BCUT2D eigenvalue weighted by molar-refractivity contribution is -0.385. The van der Waals surface area contributed by atoms with E-state index in [0.717, 1.165) is 18.5 Å². The van der Waals surface area contributed by atoms with Crippen LogP contribution in [0.2, 0.25) is 0 Å². The Morgan fingerprint density at radius 3 is 2.82 bits per heavy atom. The fraction of sp³-hybridized carbons (Fsp3) is 0.417.